The van der Waals surface area contributed by atoms with Crippen LogP contribution in [0.3, 0.4) is 0 Å². The maximum Gasteiger partial charge on any atom is 0.240 e. The first-order valence-corrected chi connectivity index (χ1v) is 8.74. The molecule has 0 aromatic heterocycles. The Labute approximate surface area is 138 Å². The molecule has 2 rings (SSSR count). The second-order valence-electron chi connectivity index (χ2n) is 5.36. The second-order valence-corrected chi connectivity index (χ2v) is 7.79. The number of rotatable bonds is 5. The van der Waals surface area contributed by atoms with Crippen LogP contribution in [0.4, 0.5) is 0 Å². The molecule has 116 valence electrons. The van der Waals surface area contributed by atoms with Gasteiger partial charge in [0.05, 0.1) is 5.54 Å². The number of amides is 1. The van der Waals surface area contributed by atoms with Gasteiger partial charge < -0.3 is 15.8 Å². The number of carbonyl (C=O) groups excluding carboxylic acids is 1. The highest BCUT2D eigenvalue weighted by atomic mass is 79.9. The summed E-state index contributed by atoms with van der Waals surface area (Å²) in [6.45, 7) is 3.83. The number of nitrogens with two attached hydrogens (primary N) is 1. The van der Waals surface area contributed by atoms with Crippen LogP contribution >= 0.6 is 27.7 Å². The maximum atomic E-state index is 12.2. The van der Waals surface area contributed by atoms with E-state index in [1.54, 1.807) is 11.8 Å². The van der Waals surface area contributed by atoms with Crippen LogP contribution in [0.15, 0.2) is 33.6 Å². The van der Waals surface area contributed by atoms with Crippen molar-refractivity contribution in [1.82, 2.24) is 5.32 Å². The number of thioether (sulfide) groups is 1. The van der Waals surface area contributed by atoms with Gasteiger partial charge in [0.15, 0.2) is 0 Å². The molecule has 1 saturated heterocycles. The molecule has 6 heteroatoms. The van der Waals surface area contributed by atoms with Crippen LogP contribution in [0.25, 0.3) is 0 Å². The van der Waals surface area contributed by atoms with Crippen molar-refractivity contribution in [3.8, 4) is 0 Å². The highest BCUT2D eigenvalue weighted by Crippen LogP contribution is 2.24. The topological polar surface area (TPSA) is 64.4 Å². The number of hydrogen-bond acceptors (Lipinski definition) is 4. The standard InChI is InChI=1S/C15H21BrN2O2S/c1-11(21-13-4-2-12(16)3-5-13)10-18-14(19)15(17)6-8-20-9-7-15/h2-5,11H,6-10,17H2,1H3,(H,18,19). The van der Waals surface area contributed by atoms with Crippen molar-refractivity contribution in [1.29, 1.82) is 0 Å². The van der Waals surface area contributed by atoms with Gasteiger partial charge in [0, 0.05) is 34.4 Å². The molecule has 1 aliphatic heterocycles. The minimum Gasteiger partial charge on any atom is -0.381 e. The number of hydrogen-bond donors (Lipinski definition) is 2. The van der Waals surface area contributed by atoms with Crippen molar-refractivity contribution in [3.63, 3.8) is 0 Å². The van der Waals surface area contributed by atoms with Crippen LogP contribution in [-0.4, -0.2) is 36.5 Å². The molecule has 4 nitrogen and oxygen atoms in total. The van der Waals surface area contributed by atoms with Gasteiger partial charge in [0.2, 0.25) is 5.91 Å². The molecule has 1 atom stereocenters. The molecule has 0 saturated carbocycles. The fraction of sp³-hybridized carbons (Fsp3) is 0.533. The molecule has 21 heavy (non-hydrogen) atoms. The van der Waals surface area contributed by atoms with Gasteiger partial charge in [-0.1, -0.05) is 22.9 Å². The summed E-state index contributed by atoms with van der Waals surface area (Å²) in [5.41, 5.74) is 5.39. The van der Waals surface area contributed by atoms with E-state index < -0.39 is 5.54 Å². The molecule has 3 N–H and O–H groups in total. The number of ether oxygens (including phenoxy) is 1. The van der Waals surface area contributed by atoms with Crippen molar-refractivity contribution < 1.29 is 9.53 Å². The molecule has 1 aromatic carbocycles. The smallest absolute Gasteiger partial charge is 0.240 e. The van der Waals surface area contributed by atoms with Crippen molar-refractivity contribution in [2.75, 3.05) is 19.8 Å². The maximum absolute atomic E-state index is 12.2. The third-order valence-corrected chi connectivity index (χ3v) is 5.18. The molecule has 0 aliphatic carbocycles. The zero-order valence-corrected chi connectivity index (χ0v) is 14.5. The van der Waals surface area contributed by atoms with Crippen LogP contribution < -0.4 is 11.1 Å². The summed E-state index contributed by atoms with van der Waals surface area (Å²) in [5, 5.41) is 3.27. The highest BCUT2D eigenvalue weighted by molar-refractivity contribution is 9.10. The average Bonchev–Trinajstić information content (AvgIpc) is 2.48. The van der Waals surface area contributed by atoms with Crippen molar-refractivity contribution in [2.45, 2.75) is 35.4 Å². The van der Waals surface area contributed by atoms with E-state index in [1.807, 2.05) is 12.1 Å². The van der Waals surface area contributed by atoms with E-state index in [1.165, 1.54) is 4.90 Å². The Morgan fingerprint density at radius 2 is 2.05 bits per heavy atom. The third kappa shape index (κ3) is 4.98. The molecule has 0 radical (unpaired) electrons. The summed E-state index contributed by atoms with van der Waals surface area (Å²) in [4.78, 5) is 13.4. The van der Waals surface area contributed by atoms with Crippen molar-refractivity contribution in [2.24, 2.45) is 5.73 Å². The van der Waals surface area contributed by atoms with Crippen LogP contribution in [-0.2, 0) is 9.53 Å². The summed E-state index contributed by atoms with van der Waals surface area (Å²) in [5.74, 6) is -0.0611. The lowest BCUT2D eigenvalue weighted by molar-refractivity contribution is -0.129. The number of nitrogens with one attached hydrogen (secondary N) is 1. The molecule has 1 heterocycles. The summed E-state index contributed by atoms with van der Waals surface area (Å²) >= 11 is 5.16. The Kier molecular flexibility index (Phi) is 6.10. The minimum atomic E-state index is -0.764. The predicted molar refractivity (Wildman–Crippen MR) is 89.4 cm³/mol. The molecule has 1 unspecified atom stereocenters. The molecular formula is C15H21BrN2O2S. The van der Waals surface area contributed by atoms with Gasteiger partial charge in [-0.05, 0) is 37.1 Å². The average molecular weight is 373 g/mol. The number of halogens is 1. The quantitative estimate of drug-likeness (QED) is 0.779. The Balaban J connectivity index is 1.79. The molecule has 1 amide bonds. The van der Waals surface area contributed by atoms with Crippen molar-refractivity contribution >= 4 is 33.6 Å². The van der Waals surface area contributed by atoms with Gasteiger partial charge in [-0.2, -0.15) is 0 Å². The predicted octanol–water partition coefficient (Wildman–Crippen LogP) is 2.55. The lowest BCUT2D eigenvalue weighted by atomic mass is 9.90. The monoisotopic (exact) mass is 372 g/mol. The first-order chi connectivity index (χ1) is 9.99. The lowest BCUT2D eigenvalue weighted by Gasteiger charge is -2.32. The van der Waals surface area contributed by atoms with Crippen LogP contribution in [0.5, 0.6) is 0 Å². The number of carbonyl (C=O) groups is 1. The van der Waals surface area contributed by atoms with Gasteiger partial charge in [0.1, 0.15) is 0 Å². The third-order valence-electron chi connectivity index (χ3n) is 3.54. The van der Waals surface area contributed by atoms with E-state index in [9.17, 15) is 4.79 Å². The van der Waals surface area contributed by atoms with Gasteiger partial charge in [-0.15, -0.1) is 11.8 Å². The molecule has 0 bridgehead atoms. The normalized spacial score (nSPS) is 19.0. The van der Waals surface area contributed by atoms with Crippen LogP contribution in [0, 0.1) is 0 Å². The Hall–Kier alpha value is -0.560. The second kappa shape index (κ2) is 7.63. The van der Waals surface area contributed by atoms with E-state index in [0.29, 0.717) is 37.9 Å². The first-order valence-electron chi connectivity index (χ1n) is 7.07. The molecule has 0 spiro atoms. The van der Waals surface area contributed by atoms with E-state index in [4.69, 9.17) is 10.5 Å². The SMILES string of the molecule is CC(CNC(=O)C1(N)CCOCC1)Sc1ccc(Br)cc1. The molecule has 1 aliphatic rings. The molecular weight excluding hydrogens is 352 g/mol. The fourth-order valence-corrected chi connectivity index (χ4v) is 3.35. The van der Waals surface area contributed by atoms with Gasteiger partial charge in [-0.3, -0.25) is 4.79 Å². The largest absolute Gasteiger partial charge is 0.381 e. The highest BCUT2D eigenvalue weighted by Gasteiger charge is 2.35. The lowest BCUT2D eigenvalue weighted by Crippen LogP contribution is -2.57. The van der Waals surface area contributed by atoms with Crippen LogP contribution in [0.2, 0.25) is 0 Å². The summed E-state index contributed by atoms with van der Waals surface area (Å²) in [6, 6.07) is 8.17. The molecule has 1 aromatic rings. The van der Waals surface area contributed by atoms with E-state index in [0.717, 1.165) is 4.47 Å². The van der Waals surface area contributed by atoms with E-state index >= 15 is 0 Å². The Morgan fingerprint density at radius 3 is 2.67 bits per heavy atom. The minimum absolute atomic E-state index is 0.0611. The van der Waals surface area contributed by atoms with Gasteiger partial charge >= 0.3 is 0 Å². The molecule has 1 fully saturated rings. The summed E-state index contributed by atoms with van der Waals surface area (Å²) in [7, 11) is 0. The fourth-order valence-electron chi connectivity index (χ4n) is 2.16. The zero-order chi connectivity index (χ0) is 15.3. The number of benzene rings is 1. The van der Waals surface area contributed by atoms with E-state index in [2.05, 4.69) is 40.3 Å². The van der Waals surface area contributed by atoms with Crippen LogP contribution in [0.1, 0.15) is 19.8 Å². The Bertz CT molecular complexity index is 475. The Morgan fingerprint density at radius 1 is 1.43 bits per heavy atom. The van der Waals surface area contributed by atoms with Crippen molar-refractivity contribution in [3.05, 3.63) is 28.7 Å². The van der Waals surface area contributed by atoms with E-state index in [-0.39, 0.29) is 5.91 Å². The first kappa shape index (κ1) is 16.8. The van der Waals surface area contributed by atoms with Gasteiger partial charge in [-0.25, -0.2) is 0 Å². The summed E-state index contributed by atoms with van der Waals surface area (Å²) in [6.07, 6.45) is 1.18. The van der Waals surface area contributed by atoms with Gasteiger partial charge in [0.25, 0.3) is 0 Å². The summed E-state index contributed by atoms with van der Waals surface area (Å²) < 4.78 is 6.33. The zero-order valence-electron chi connectivity index (χ0n) is 12.1.